The third kappa shape index (κ3) is 3.02. The quantitative estimate of drug-likeness (QED) is 0.654. The molecule has 1 aliphatic heterocycles. The van der Waals surface area contributed by atoms with Gasteiger partial charge in [0.1, 0.15) is 0 Å². The second-order valence-corrected chi connectivity index (χ2v) is 4.20. The maximum Gasteiger partial charge on any atom is 0.0238 e. The first-order valence-corrected chi connectivity index (χ1v) is 5.03. The number of likely N-dealkylation sites (N-methyl/N-ethyl adjacent to an activating group) is 1. The lowest BCUT2D eigenvalue weighted by atomic mass is 10.1. The van der Waals surface area contributed by atoms with E-state index in [2.05, 4.69) is 37.0 Å². The van der Waals surface area contributed by atoms with Crippen LogP contribution in [-0.2, 0) is 0 Å². The molecule has 3 atom stereocenters. The van der Waals surface area contributed by atoms with Crippen LogP contribution in [0.1, 0.15) is 26.7 Å². The van der Waals surface area contributed by atoms with Gasteiger partial charge in [-0.2, -0.15) is 0 Å². The Morgan fingerprint density at radius 1 is 1.69 bits per heavy atom. The molecule has 74 valence electrons. The van der Waals surface area contributed by atoms with Crippen molar-refractivity contribution in [2.75, 3.05) is 13.6 Å². The molecule has 1 rings (SSSR count). The summed E-state index contributed by atoms with van der Waals surface area (Å²) in [5.74, 6) is 2.69. The molecule has 1 saturated heterocycles. The van der Waals surface area contributed by atoms with Crippen molar-refractivity contribution in [2.45, 2.75) is 44.8 Å². The van der Waals surface area contributed by atoms with E-state index in [-0.39, 0.29) is 0 Å². The Bertz CT molecular complexity index is 185. The predicted molar refractivity (Wildman–Crippen MR) is 56.5 cm³/mol. The molecule has 0 aromatic carbocycles. The fourth-order valence-electron chi connectivity index (χ4n) is 1.95. The van der Waals surface area contributed by atoms with E-state index in [1.54, 1.807) is 0 Å². The lowest BCUT2D eigenvalue weighted by Crippen LogP contribution is -2.37. The third-order valence-corrected chi connectivity index (χ3v) is 2.83. The highest BCUT2D eigenvalue weighted by atomic mass is 15.2. The summed E-state index contributed by atoms with van der Waals surface area (Å²) in [6.45, 7) is 5.58. The van der Waals surface area contributed by atoms with Crippen LogP contribution in [0.3, 0.4) is 0 Å². The van der Waals surface area contributed by atoms with Crippen LogP contribution in [0.5, 0.6) is 0 Å². The Labute approximate surface area is 81.7 Å². The number of terminal acetylenes is 1. The Morgan fingerprint density at radius 2 is 2.38 bits per heavy atom. The largest absolute Gasteiger partial charge is 0.309 e. The zero-order valence-electron chi connectivity index (χ0n) is 8.88. The van der Waals surface area contributed by atoms with Crippen molar-refractivity contribution < 1.29 is 0 Å². The maximum atomic E-state index is 5.26. The minimum Gasteiger partial charge on any atom is -0.309 e. The highest BCUT2D eigenvalue weighted by molar-refractivity contribution is 4.92. The molecule has 3 unspecified atom stereocenters. The van der Waals surface area contributed by atoms with E-state index in [9.17, 15) is 0 Å². The molecule has 0 spiro atoms. The molecule has 13 heavy (non-hydrogen) atoms. The highest BCUT2D eigenvalue weighted by Gasteiger charge is 2.26. The summed E-state index contributed by atoms with van der Waals surface area (Å²) >= 11 is 0. The molecular formula is C11H20N2. The number of nitrogens with zero attached hydrogens (tertiary/aromatic N) is 1. The van der Waals surface area contributed by atoms with Crippen LogP contribution in [0.2, 0.25) is 0 Å². The average molecular weight is 180 g/mol. The summed E-state index contributed by atoms with van der Waals surface area (Å²) in [6, 6.07) is 1.78. The van der Waals surface area contributed by atoms with Gasteiger partial charge >= 0.3 is 0 Å². The molecule has 2 heteroatoms. The smallest absolute Gasteiger partial charge is 0.0238 e. The number of nitrogens with one attached hydrogen (secondary N) is 1. The average Bonchev–Trinajstić information content (AvgIpc) is 2.31. The van der Waals surface area contributed by atoms with Gasteiger partial charge in [-0.1, -0.05) is 0 Å². The fraction of sp³-hybridized carbons (Fsp3) is 0.818. The molecule has 1 heterocycles. The van der Waals surface area contributed by atoms with Gasteiger partial charge < -0.3 is 10.2 Å². The summed E-state index contributed by atoms with van der Waals surface area (Å²) < 4.78 is 0. The monoisotopic (exact) mass is 180 g/mol. The van der Waals surface area contributed by atoms with Crippen molar-refractivity contribution in [3.8, 4) is 12.3 Å². The van der Waals surface area contributed by atoms with Gasteiger partial charge in [0, 0.05) is 31.1 Å². The van der Waals surface area contributed by atoms with Crippen molar-refractivity contribution in [2.24, 2.45) is 0 Å². The van der Waals surface area contributed by atoms with E-state index in [4.69, 9.17) is 6.42 Å². The number of rotatable bonds is 3. The standard InChI is InChI=1S/C11H20N2/c1-5-6-9(2)12-11-7-10(3)13(4)8-11/h1,9-12H,6-8H2,2-4H3. The van der Waals surface area contributed by atoms with Gasteiger partial charge in [-0.3, -0.25) is 0 Å². The van der Waals surface area contributed by atoms with Gasteiger partial charge in [0.2, 0.25) is 0 Å². The Balaban J connectivity index is 2.28. The van der Waals surface area contributed by atoms with Gasteiger partial charge in [-0.15, -0.1) is 12.3 Å². The zero-order valence-corrected chi connectivity index (χ0v) is 8.88. The predicted octanol–water partition coefficient (Wildman–Crippen LogP) is 1.08. The molecule has 0 aliphatic carbocycles. The van der Waals surface area contributed by atoms with Crippen LogP contribution in [0.4, 0.5) is 0 Å². The molecular weight excluding hydrogens is 160 g/mol. The van der Waals surface area contributed by atoms with Gasteiger partial charge in [0.15, 0.2) is 0 Å². The normalized spacial score (nSPS) is 31.5. The molecule has 1 fully saturated rings. The van der Waals surface area contributed by atoms with Gasteiger partial charge in [-0.05, 0) is 27.3 Å². The Morgan fingerprint density at radius 3 is 2.85 bits per heavy atom. The Hall–Kier alpha value is -0.520. The first kappa shape index (κ1) is 10.6. The van der Waals surface area contributed by atoms with Crippen LogP contribution in [0.25, 0.3) is 0 Å². The molecule has 0 aromatic rings. The molecule has 2 nitrogen and oxygen atoms in total. The summed E-state index contributed by atoms with van der Waals surface area (Å²) in [6.07, 6.45) is 7.33. The number of hydrogen-bond donors (Lipinski definition) is 1. The first-order valence-electron chi connectivity index (χ1n) is 5.03. The van der Waals surface area contributed by atoms with Crippen LogP contribution in [0.15, 0.2) is 0 Å². The summed E-state index contributed by atoms with van der Waals surface area (Å²) in [7, 11) is 2.18. The van der Waals surface area contributed by atoms with E-state index < -0.39 is 0 Å². The Kier molecular flexibility index (Phi) is 3.77. The SMILES string of the molecule is C#CCC(C)NC1CC(C)N(C)C1. The zero-order chi connectivity index (χ0) is 9.84. The van der Waals surface area contributed by atoms with E-state index in [0.717, 1.165) is 13.0 Å². The van der Waals surface area contributed by atoms with Crippen LogP contribution in [0, 0.1) is 12.3 Å². The molecule has 0 bridgehead atoms. The number of likely N-dealkylation sites (tertiary alicyclic amines) is 1. The van der Waals surface area contributed by atoms with Crippen LogP contribution in [-0.4, -0.2) is 36.6 Å². The maximum absolute atomic E-state index is 5.26. The van der Waals surface area contributed by atoms with Crippen LogP contribution >= 0.6 is 0 Å². The van der Waals surface area contributed by atoms with E-state index in [0.29, 0.717) is 18.1 Å². The third-order valence-electron chi connectivity index (χ3n) is 2.83. The fourth-order valence-corrected chi connectivity index (χ4v) is 1.95. The van der Waals surface area contributed by atoms with E-state index in [1.165, 1.54) is 6.42 Å². The number of hydrogen-bond acceptors (Lipinski definition) is 2. The molecule has 0 saturated carbocycles. The second-order valence-electron chi connectivity index (χ2n) is 4.20. The topological polar surface area (TPSA) is 15.3 Å². The minimum atomic E-state index is 0.452. The van der Waals surface area contributed by atoms with Crippen molar-refractivity contribution >= 4 is 0 Å². The molecule has 1 N–H and O–H groups in total. The molecule has 0 radical (unpaired) electrons. The van der Waals surface area contributed by atoms with Crippen LogP contribution < -0.4 is 5.32 Å². The summed E-state index contributed by atoms with van der Waals surface area (Å²) in [5.41, 5.74) is 0. The lowest BCUT2D eigenvalue weighted by Gasteiger charge is -2.17. The molecule has 0 aromatic heterocycles. The van der Waals surface area contributed by atoms with Gasteiger partial charge in [0.25, 0.3) is 0 Å². The van der Waals surface area contributed by atoms with E-state index >= 15 is 0 Å². The van der Waals surface area contributed by atoms with Crippen molar-refractivity contribution in [1.82, 2.24) is 10.2 Å². The summed E-state index contributed by atoms with van der Waals surface area (Å²) in [4.78, 5) is 2.39. The lowest BCUT2D eigenvalue weighted by molar-refractivity contribution is 0.325. The van der Waals surface area contributed by atoms with E-state index in [1.807, 2.05) is 0 Å². The first-order chi connectivity index (χ1) is 6.13. The van der Waals surface area contributed by atoms with Crippen molar-refractivity contribution in [1.29, 1.82) is 0 Å². The summed E-state index contributed by atoms with van der Waals surface area (Å²) in [5, 5.41) is 3.56. The van der Waals surface area contributed by atoms with Crippen molar-refractivity contribution in [3.05, 3.63) is 0 Å². The second kappa shape index (κ2) is 4.64. The van der Waals surface area contributed by atoms with Crippen molar-refractivity contribution in [3.63, 3.8) is 0 Å². The highest BCUT2D eigenvalue weighted by Crippen LogP contribution is 2.15. The molecule has 0 amide bonds. The minimum absolute atomic E-state index is 0.452. The molecule has 1 aliphatic rings. The van der Waals surface area contributed by atoms with Gasteiger partial charge in [0.05, 0.1) is 0 Å². The van der Waals surface area contributed by atoms with Gasteiger partial charge in [-0.25, -0.2) is 0 Å².